The van der Waals surface area contributed by atoms with E-state index in [1.165, 1.54) is 0 Å². The topological polar surface area (TPSA) is 88.6 Å². The fourth-order valence-corrected chi connectivity index (χ4v) is 3.06. The minimum Gasteiger partial charge on any atom is -0.489 e. The van der Waals surface area contributed by atoms with E-state index in [0.717, 1.165) is 44.3 Å². The molecule has 8 nitrogen and oxygen atoms in total. The van der Waals surface area contributed by atoms with Crippen molar-refractivity contribution in [1.82, 2.24) is 20.2 Å². The van der Waals surface area contributed by atoms with Crippen LogP contribution < -0.4 is 15.4 Å². The van der Waals surface area contributed by atoms with Crippen molar-refractivity contribution in [3.63, 3.8) is 0 Å². The number of carbonyl (C=O) groups is 1. The predicted octanol–water partition coefficient (Wildman–Crippen LogP) is 2.38. The summed E-state index contributed by atoms with van der Waals surface area (Å²) in [5.41, 5.74) is 1.13. The van der Waals surface area contributed by atoms with E-state index in [4.69, 9.17) is 9.47 Å². The zero-order chi connectivity index (χ0) is 20.6. The SMILES string of the molecule is Cc1nc(Nc2ccccc2OC(C)C)cc(C(=O)NCCN2CCOCC2)n1. The molecule has 3 rings (SSSR count). The molecule has 0 atom stereocenters. The largest absolute Gasteiger partial charge is 0.489 e. The monoisotopic (exact) mass is 399 g/mol. The van der Waals surface area contributed by atoms with E-state index in [2.05, 4.69) is 25.5 Å². The number of anilines is 2. The number of amides is 1. The first-order valence-corrected chi connectivity index (χ1v) is 9.98. The molecule has 1 amide bonds. The molecule has 1 aliphatic rings. The maximum absolute atomic E-state index is 12.6. The van der Waals surface area contributed by atoms with E-state index in [1.54, 1.807) is 13.0 Å². The van der Waals surface area contributed by atoms with Gasteiger partial charge in [0.15, 0.2) is 0 Å². The number of para-hydroxylation sites is 2. The van der Waals surface area contributed by atoms with E-state index in [-0.39, 0.29) is 12.0 Å². The number of benzene rings is 1. The van der Waals surface area contributed by atoms with Gasteiger partial charge in [-0.1, -0.05) is 12.1 Å². The van der Waals surface area contributed by atoms with Crippen molar-refractivity contribution >= 4 is 17.4 Å². The lowest BCUT2D eigenvalue weighted by Crippen LogP contribution is -2.41. The third-order valence-electron chi connectivity index (χ3n) is 4.40. The lowest BCUT2D eigenvalue weighted by atomic mass is 10.2. The van der Waals surface area contributed by atoms with E-state index in [9.17, 15) is 4.79 Å². The molecule has 1 aliphatic heterocycles. The van der Waals surface area contributed by atoms with E-state index < -0.39 is 0 Å². The van der Waals surface area contributed by atoms with Crippen LogP contribution in [0.2, 0.25) is 0 Å². The molecule has 156 valence electrons. The molecule has 1 saturated heterocycles. The van der Waals surface area contributed by atoms with Gasteiger partial charge in [-0.15, -0.1) is 0 Å². The Kier molecular flexibility index (Phi) is 7.37. The third-order valence-corrected chi connectivity index (χ3v) is 4.40. The normalized spacial score (nSPS) is 14.6. The van der Waals surface area contributed by atoms with Gasteiger partial charge in [-0.05, 0) is 32.9 Å². The number of hydrogen-bond donors (Lipinski definition) is 2. The highest BCUT2D eigenvalue weighted by atomic mass is 16.5. The quantitative estimate of drug-likeness (QED) is 0.704. The molecule has 1 aromatic carbocycles. The smallest absolute Gasteiger partial charge is 0.270 e. The van der Waals surface area contributed by atoms with Crippen molar-refractivity contribution < 1.29 is 14.3 Å². The first-order chi connectivity index (χ1) is 14.0. The van der Waals surface area contributed by atoms with E-state index >= 15 is 0 Å². The van der Waals surface area contributed by atoms with Gasteiger partial charge in [0.25, 0.3) is 5.91 Å². The summed E-state index contributed by atoms with van der Waals surface area (Å²) >= 11 is 0. The first-order valence-electron chi connectivity index (χ1n) is 9.98. The maximum atomic E-state index is 12.6. The van der Waals surface area contributed by atoms with Gasteiger partial charge in [-0.2, -0.15) is 0 Å². The number of ether oxygens (including phenoxy) is 2. The molecule has 0 unspecified atom stereocenters. The van der Waals surface area contributed by atoms with Gasteiger partial charge in [0.1, 0.15) is 23.1 Å². The molecule has 2 N–H and O–H groups in total. The second-order valence-electron chi connectivity index (χ2n) is 7.18. The summed E-state index contributed by atoms with van der Waals surface area (Å²) in [6.45, 7) is 10.4. The molecule has 29 heavy (non-hydrogen) atoms. The average Bonchev–Trinajstić information content (AvgIpc) is 2.69. The van der Waals surface area contributed by atoms with Crippen molar-refractivity contribution in [3.8, 4) is 5.75 Å². The van der Waals surface area contributed by atoms with Crippen LogP contribution in [-0.2, 0) is 4.74 Å². The Hall–Kier alpha value is -2.71. The number of nitrogens with zero attached hydrogens (tertiary/aromatic N) is 3. The van der Waals surface area contributed by atoms with Crippen LogP contribution in [0.4, 0.5) is 11.5 Å². The van der Waals surface area contributed by atoms with Crippen LogP contribution in [0.1, 0.15) is 30.2 Å². The lowest BCUT2D eigenvalue weighted by Gasteiger charge is -2.26. The van der Waals surface area contributed by atoms with Crippen LogP contribution in [0.5, 0.6) is 5.75 Å². The fourth-order valence-electron chi connectivity index (χ4n) is 3.06. The minimum absolute atomic E-state index is 0.0536. The highest BCUT2D eigenvalue weighted by molar-refractivity contribution is 5.93. The summed E-state index contributed by atoms with van der Waals surface area (Å²) in [6, 6.07) is 9.31. The molecule has 0 aliphatic carbocycles. The molecule has 0 spiro atoms. The number of aromatic nitrogens is 2. The van der Waals surface area contributed by atoms with E-state index in [1.807, 2.05) is 38.1 Å². The number of rotatable bonds is 8. The highest BCUT2D eigenvalue weighted by Gasteiger charge is 2.14. The summed E-state index contributed by atoms with van der Waals surface area (Å²) in [5, 5.41) is 6.18. The fraction of sp³-hybridized carbons (Fsp3) is 0.476. The number of nitrogens with one attached hydrogen (secondary N) is 2. The average molecular weight is 399 g/mol. The Balaban J connectivity index is 1.64. The lowest BCUT2D eigenvalue weighted by molar-refractivity contribution is 0.0383. The van der Waals surface area contributed by atoms with Crippen LogP contribution in [0.3, 0.4) is 0 Å². The molecule has 8 heteroatoms. The van der Waals surface area contributed by atoms with Gasteiger partial charge in [-0.3, -0.25) is 9.69 Å². The van der Waals surface area contributed by atoms with Crippen LogP contribution in [0.15, 0.2) is 30.3 Å². The second-order valence-corrected chi connectivity index (χ2v) is 7.18. The van der Waals surface area contributed by atoms with Crippen LogP contribution in [0.25, 0.3) is 0 Å². The summed E-state index contributed by atoms with van der Waals surface area (Å²) < 4.78 is 11.2. The summed E-state index contributed by atoms with van der Waals surface area (Å²) in [6.07, 6.45) is 0.0536. The molecule has 0 bridgehead atoms. The standard InChI is InChI=1S/C21H29N5O3/c1-15(2)29-19-7-5-4-6-17(19)25-20-14-18(23-16(3)24-20)21(27)22-8-9-26-10-12-28-13-11-26/h4-7,14-15H,8-13H2,1-3H3,(H,22,27)(H,23,24,25). The second kappa shape index (κ2) is 10.2. The predicted molar refractivity (Wildman–Crippen MR) is 112 cm³/mol. The van der Waals surface area contributed by atoms with Gasteiger partial charge in [-0.25, -0.2) is 9.97 Å². The summed E-state index contributed by atoms with van der Waals surface area (Å²) in [7, 11) is 0. The third kappa shape index (κ3) is 6.40. The Labute approximate surface area is 171 Å². The van der Waals surface area contributed by atoms with Gasteiger partial charge in [0.05, 0.1) is 25.0 Å². The first kappa shape index (κ1) is 21.0. The number of hydrogen-bond acceptors (Lipinski definition) is 7. The molecule has 0 saturated carbocycles. The zero-order valence-electron chi connectivity index (χ0n) is 17.3. The number of morpholine rings is 1. The zero-order valence-corrected chi connectivity index (χ0v) is 17.3. The summed E-state index contributed by atoms with van der Waals surface area (Å²) in [4.78, 5) is 23.5. The number of carbonyl (C=O) groups excluding carboxylic acids is 1. The van der Waals surface area contributed by atoms with Gasteiger partial charge < -0.3 is 20.1 Å². The number of aryl methyl sites for hydroxylation is 1. The van der Waals surface area contributed by atoms with Crippen LogP contribution in [-0.4, -0.2) is 66.3 Å². The highest BCUT2D eigenvalue weighted by Crippen LogP contribution is 2.27. The molecule has 1 fully saturated rings. The van der Waals surface area contributed by atoms with Crippen LogP contribution >= 0.6 is 0 Å². The molecule has 2 aromatic rings. The minimum atomic E-state index is -0.210. The Morgan fingerprint density at radius 2 is 2.00 bits per heavy atom. The molecule has 0 radical (unpaired) electrons. The van der Waals surface area contributed by atoms with Crippen molar-refractivity contribution in [2.45, 2.75) is 26.9 Å². The van der Waals surface area contributed by atoms with Gasteiger partial charge in [0, 0.05) is 32.2 Å². The van der Waals surface area contributed by atoms with Crippen molar-refractivity contribution in [1.29, 1.82) is 0 Å². The van der Waals surface area contributed by atoms with Crippen LogP contribution in [0, 0.1) is 6.92 Å². The molecule has 1 aromatic heterocycles. The Bertz CT molecular complexity index is 822. The van der Waals surface area contributed by atoms with Gasteiger partial charge in [0.2, 0.25) is 0 Å². The molecule has 2 heterocycles. The Morgan fingerprint density at radius 3 is 2.76 bits per heavy atom. The molecular weight excluding hydrogens is 370 g/mol. The molecular formula is C21H29N5O3. The Morgan fingerprint density at radius 1 is 1.24 bits per heavy atom. The van der Waals surface area contributed by atoms with E-state index in [0.29, 0.717) is 23.9 Å². The van der Waals surface area contributed by atoms with Crippen molar-refractivity contribution in [3.05, 3.63) is 41.9 Å². The van der Waals surface area contributed by atoms with Gasteiger partial charge >= 0.3 is 0 Å². The van der Waals surface area contributed by atoms with Crippen molar-refractivity contribution in [2.24, 2.45) is 0 Å². The maximum Gasteiger partial charge on any atom is 0.270 e. The summed E-state index contributed by atoms with van der Waals surface area (Å²) in [5.74, 6) is 1.60. The van der Waals surface area contributed by atoms with Crippen molar-refractivity contribution in [2.75, 3.05) is 44.7 Å².